The summed E-state index contributed by atoms with van der Waals surface area (Å²) in [5.41, 5.74) is 0. The molecule has 3 aliphatic rings. The van der Waals surface area contributed by atoms with Gasteiger partial charge in [-0.25, -0.2) is 0 Å². The summed E-state index contributed by atoms with van der Waals surface area (Å²) in [6.45, 7) is 2.90. The Kier molecular flexibility index (Phi) is 4.59. The van der Waals surface area contributed by atoms with Crippen LogP contribution in [-0.4, -0.2) is 60.0 Å². The fraction of sp³-hybridized carbons (Fsp3) is 0.667. The van der Waals surface area contributed by atoms with Gasteiger partial charge in [-0.15, -0.1) is 11.3 Å². The highest BCUT2D eigenvalue weighted by atomic mass is 32.1. The van der Waals surface area contributed by atoms with Gasteiger partial charge in [0.1, 0.15) is 0 Å². The molecule has 4 rings (SSSR count). The number of ether oxygens (including phenoxy) is 1. The molecule has 3 fully saturated rings. The summed E-state index contributed by atoms with van der Waals surface area (Å²) in [6, 6.07) is 4.25. The topological polar surface area (TPSA) is 49.9 Å². The van der Waals surface area contributed by atoms with Crippen LogP contribution >= 0.6 is 11.3 Å². The van der Waals surface area contributed by atoms with Gasteiger partial charge in [0.05, 0.1) is 10.9 Å². The molecule has 0 radical (unpaired) electrons. The van der Waals surface area contributed by atoms with E-state index < -0.39 is 0 Å². The number of hydrogen-bond donors (Lipinski definition) is 0. The van der Waals surface area contributed by atoms with Crippen molar-refractivity contribution in [3.8, 4) is 0 Å². The maximum absolute atomic E-state index is 12.9. The number of rotatable bonds is 4. The average molecular weight is 348 g/mol. The largest absolute Gasteiger partial charge is 0.381 e. The molecule has 2 saturated heterocycles. The molecule has 24 heavy (non-hydrogen) atoms. The second-order valence-electron chi connectivity index (χ2n) is 7.03. The fourth-order valence-corrected chi connectivity index (χ4v) is 4.56. The van der Waals surface area contributed by atoms with Crippen LogP contribution in [0.15, 0.2) is 17.5 Å². The van der Waals surface area contributed by atoms with Gasteiger partial charge < -0.3 is 14.5 Å². The Bertz CT molecular complexity index is 593. The number of carbonyl (C=O) groups excluding carboxylic acids is 2. The van der Waals surface area contributed by atoms with Gasteiger partial charge in [0, 0.05) is 38.3 Å². The molecular weight excluding hydrogens is 324 g/mol. The quantitative estimate of drug-likeness (QED) is 0.839. The van der Waals surface area contributed by atoms with Crippen molar-refractivity contribution < 1.29 is 14.3 Å². The molecular formula is C18H24N2O3S. The van der Waals surface area contributed by atoms with Gasteiger partial charge in [0.2, 0.25) is 5.91 Å². The normalized spacial score (nSPS) is 25.0. The summed E-state index contributed by atoms with van der Waals surface area (Å²) in [5.74, 6) is 0.658. The zero-order valence-corrected chi connectivity index (χ0v) is 14.7. The van der Waals surface area contributed by atoms with E-state index in [-0.39, 0.29) is 23.9 Å². The Labute approximate surface area is 146 Å². The van der Waals surface area contributed by atoms with Crippen molar-refractivity contribution in [2.45, 2.75) is 44.2 Å². The lowest BCUT2D eigenvalue weighted by atomic mass is 10.0. The van der Waals surface area contributed by atoms with Crippen LogP contribution in [0.4, 0.5) is 0 Å². The zero-order chi connectivity index (χ0) is 16.5. The highest BCUT2D eigenvalue weighted by Crippen LogP contribution is 2.35. The molecule has 1 aromatic heterocycles. The maximum atomic E-state index is 12.9. The molecule has 1 saturated carbocycles. The summed E-state index contributed by atoms with van der Waals surface area (Å²) in [6.07, 6.45) is 4.81. The van der Waals surface area contributed by atoms with Gasteiger partial charge in [0.15, 0.2) is 0 Å². The Hall–Kier alpha value is -1.40. The van der Waals surface area contributed by atoms with E-state index in [0.717, 1.165) is 56.7 Å². The van der Waals surface area contributed by atoms with E-state index in [9.17, 15) is 9.59 Å². The van der Waals surface area contributed by atoms with Gasteiger partial charge in [-0.05, 0) is 43.6 Å². The second kappa shape index (κ2) is 6.84. The van der Waals surface area contributed by atoms with E-state index >= 15 is 0 Å². The highest BCUT2D eigenvalue weighted by molar-refractivity contribution is 7.12. The van der Waals surface area contributed by atoms with E-state index in [1.807, 2.05) is 22.4 Å². The zero-order valence-electron chi connectivity index (χ0n) is 13.9. The average Bonchev–Trinajstić information content (AvgIpc) is 3.11. The minimum Gasteiger partial charge on any atom is -0.381 e. The molecule has 0 N–H and O–H groups in total. The first-order valence-electron chi connectivity index (χ1n) is 8.96. The van der Waals surface area contributed by atoms with Crippen molar-refractivity contribution in [3.63, 3.8) is 0 Å². The number of amides is 2. The Balaban J connectivity index is 1.47. The van der Waals surface area contributed by atoms with E-state index in [1.165, 1.54) is 11.3 Å². The standard InChI is InChI=1S/C18H24N2O3S/c21-17(13-3-4-13)20(14-6-9-23-10-7-14)15-5-8-19(12-15)18(22)16-2-1-11-24-16/h1-2,11,13-15H,3-10,12H2. The molecule has 2 aliphatic heterocycles. The molecule has 0 spiro atoms. The number of hydrogen-bond acceptors (Lipinski definition) is 4. The smallest absolute Gasteiger partial charge is 0.263 e. The molecule has 0 bridgehead atoms. The van der Waals surface area contributed by atoms with Crippen molar-refractivity contribution in [1.82, 2.24) is 9.80 Å². The third-order valence-electron chi connectivity index (χ3n) is 5.34. The summed E-state index contributed by atoms with van der Waals surface area (Å²) < 4.78 is 5.48. The highest BCUT2D eigenvalue weighted by Gasteiger charge is 2.42. The van der Waals surface area contributed by atoms with Crippen LogP contribution in [0.2, 0.25) is 0 Å². The molecule has 3 heterocycles. The Morgan fingerprint density at radius 1 is 1.12 bits per heavy atom. The SMILES string of the molecule is O=C(c1cccs1)N1CCC(N(C(=O)C2CC2)C2CCOCC2)C1. The monoisotopic (exact) mass is 348 g/mol. The molecule has 0 aromatic carbocycles. The lowest BCUT2D eigenvalue weighted by molar-refractivity contribution is -0.139. The van der Waals surface area contributed by atoms with Crippen LogP contribution < -0.4 is 0 Å². The van der Waals surface area contributed by atoms with Crippen LogP contribution in [-0.2, 0) is 9.53 Å². The van der Waals surface area contributed by atoms with Gasteiger partial charge in [-0.2, -0.15) is 0 Å². The fourth-order valence-electron chi connectivity index (χ4n) is 3.87. The predicted molar refractivity (Wildman–Crippen MR) is 92.0 cm³/mol. The van der Waals surface area contributed by atoms with Gasteiger partial charge in [0.25, 0.3) is 5.91 Å². The Morgan fingerprint density at radius 3 is 2.58 bits per heavy atom. The van der Waals surface area contributed by atoms with Crippen molar-refractivity contribution in [3.05, 3.63) is 22.4 Å². The second-order valence-corrected chi connectivity index (χ2v) is 7.98. The van der Waals surface area contributed by atoms with Gasteiger partial charge in [-0.3, -0.25) is 9.59 Å². The van der Waals surface area contributed by atoms with Crippen molar-refractivity contribution >= 4 is 23.2 Å². The summed E-state index contributed by atoms with van der Waals surface area (Å²) in [4.78, 5) is 30.3. The number of thiophene rings is 1. The number of likely N-dealkylation sites (tertiary alicyclic amines) is 1. The minimum absolute atomic E-state index is 0.110. The predicted octanol–water partition coefficient (Wildman–Crippen LogP) is 2.38. The first-order valence-corrected chi connectivity index (χ1v) is 9.84. The summed E-state index contributed by atoms with van der Waals surface area (Å²) in [7, 11) is 0. The van der Waals surface area contributed by atoms with Gasteiger partial charge >= 0.3 is 0 Å². The van der Waals surface area contributed by atoms with Crippen molar-refractivity contribution in [2.75, 3.05) is 26.3 Å². The van der Waals surface area contributed by atoms with Crippen LogP contribution in [0.1, 0.15) is 41.8 Å². The van der Waals surface area contributed by atoms with Crippen LogP contribution in [0, 0.1) is 5.92 Å². The van der Waals surface area contributed by atoms with E-state index in [1.54, 1.807) is 0 Å². The van der Waals surface area contributed by atoms with Crippen molar-refractivity contribution in [1.29, 1.82) is 0 Å². The first-order chi connectivity index (χ1) is 11.7. The first kappa shape index (κ1) is 16.1. The van der Waals surface area contributed by atoms with Gasteiger partial charge in [-0.1, -0.05) is 6.07 Å². The molecule has 1 aromatic rings. The number of nitrogens with zero attached hydrogens (tertiary/aromatic N) is 2. The summed E-state index contributed by atoms with van der Waals surface area (Å²) in [5, 5.41) is 1.94. The molecule has 5 nitrogen and oxygen atoms in total. The van der Waals surface area contributed by atoms with Crippen LogP contribution in [0.5, 0.6) is 0 Å². The molecule has 1 aliphatic carbocycles. The maximum Gasteiger partial charge on any atom is 0.263 e. The molecule has 1 unspecified atom stereocenters. The van der Waals surface area contributed by atoms with Crippen molar-refractivity contribution in [2.24, 2.45) is 5.92 Å². The summed E-state index contributed by atoms with van der Waals surface area (Å²) >= 11 is 1.49. The van der Waals surface area contributed by atoms with Crippen LogP contribution in [0.3, 0.4) is 0 Å². The lowest BCUT2D eigenvalue weighted by Gasteiger charge is -2.38. The van der Waals surface area contributed by atoms with E-state index in [0.29, 0.717) is 12.5 Å². The third kappa shape index (κ3) is 3.22. The Morgan fingerprint density at radius 2 is 1.92 bits per heavy atom. The molecule has 130 valence electrons. The van der Waals surface area contributed by atoms with E-state index in [4.69, 9.17) is 4.74 Å². The molecule has 2 amide bonds. The minimum atomic E-state index is 0.110. The molecule has 1 atom stereocenters. The number of carbonyl (C=O) groups is 2. The third-order valence-corrected chi connectivity index (χ3v) is 6.20. The lowest BCUT2D eigenvalue weighted by Crippen LogP contribution is -2.51. The molecule has 6 heteroatoms. The van der Waals surface area contributed by atoms with E-state index in [2.05, 4.69) is 4.90 Å². The van der Waals surface area contributed by atoms with Crippen LogP contribution in [0.25, 0.3) is 0 Å².